The zero-order valence-corrected chi connectivity index (χ0v) is 15.0. The highest BCUT2D eigenvalue weighted by molar-refractivity contribution is 6.31. The van der Waals surface area contributed by atoms with Crippen LogP contribution in [0.3, 0.4) is 0 Å². The number of carbonyl (C=O) groups excluding carboxylic acids is 2. The third-order valence-corrected chi connectivity index (χ3v) is 4.80. The predicted octanol–water partition coefficient (Wildman–Crippen LogP) is 3.59. The molecular weight excluding hydrogens is 331 g/mol. The molecule has 0 saturated carbocycles. The smallest absolute Gasteiger partial charge is 0.254 e. The second-order valence-electron chi connectivity index (χ2n) is 6.38. The molecule has 2 rings (SSSR count). The van der Waals surface area contributed by atoms with Crippen LogP contribution >= 0.6 is 11.6 Å². The summed E-state index contributed by atoms with van der Waals surface area (Å²) in [4.78, 5) is 28.1. The van der Waals surface area contributed by atoms with E-state index in [1.165, 1.54) is 18.2 Å². The fourth-order valence-corrected chi connectivity index (χ4v) is 2.97. The average Bonchev–Trinajstić information content (AvgIpc) is 2.58. The molecule has 1 heterocycles. The third kappa shape index (κ3) is 4.94. The summed E-state index contributed by atoms with van der Waals surface area (Å²) in [6.07, 6.45) is 2.53. The maximum absolute atomic E-state index is 13.4. The van der Waals surface area contributed by atoms with Crippen molar-refractivity contribution >= 4 is 23.4 Å². The van der Waals surface area contributed by atoms with Crippen LogP contribution < -0.4 is 0 Å². The van der Waals surface area contributed by atoms with E-state index in [-0.39, 0.29) is 22.4 Å². The summed E-state index contributed by atoms with van der Waals surface area (Å²) < 4.78 is 13.4. The van der Waals surface area contributed by atoms with E-state index in [4.69, 9.17) is 11.6 Å². The lowest BCUT2D eigenvalue weighted by atomic mass is 10.0. The second-order valence-corrected chi connectivity index (χ2v) is 6.82. The quantitative estimate of drug-likeness (QED) is 0.810. The minimum absolute atomic E-state index is 0.149. The molecule has 6 heteroatoms. The summed E-state index contributed by atoms with van der Waals surface area (Å²) in [5.74, 6) is -0.0708. The number of hydrogen-bond acceptors (Lipinski definition) is 2. The van der Waals surface area contributed by atoms with E-state index in [2.05, 4.69) is 13.8 Å². The van der Waals surface area contributed by atoms with Crippen LogP contribution in [0.4, 0.5) is 4.39 Å². The van der Waals surface area contributed by atoms with Crippen molar-refractivity contribution in [2.75, 3.05) is 26.2 Å². The Kier molecular flexibility index (Phi) is 6.60. The first-order valence-corrected chi connectivity index (χ1v) is 8.81. The van der Waals surface area contributed by atoms with E-state index < -0.39 is 5.82 Å². The fraction of sp³-hybridized carbons (Fsp3) is 0.556. The Morgan fingerprint density at radius 1 is 1.17 bits per heavy atom. The Morgan fingerprint density at radius 3 is 2.38 bits per heavy atom. The first-order valence-electron chi connectivity index (χ1n) is 8.43. The SMILES string of the molecule is CCC(C)CCC(=O)N1CCN(C(=O)c2cc(F)cc(Cl)c2)CC1. The van der Waals surface area contributed by atoms with Gasteiger partial charge in [-0.3, -0.25) is 9.59 Å². The van der Waals surface area contributed by atoms with Gasteiger partial charge in [-0.15, -0.1) is 0 Å². The number of rotatable bonds is 5. The fourth-order valence-electron chi connectivity index (χ4n) is 2.75. The number of halogens is 2. The van der Waals surface area contributed by atoms with E-state index in [1.54, 1.807) is 4.90 Å². The molecule has 1 fully saturated rings. The Labute approximate surface area is 147 Å². The molecule has 0 aliphatic carbocycles. The highest BCUT2D eigenvalue weighted by atomic mass is 35.5. The largest absolute Gasteiger partial charge is 0.339 e. The van der Waals surface area contributed by atoms with Crippen molar-refractivity contribution in [1.29, 1.82) is 0 Å². The van der Waals surface area contributed by atoms with Crippen LogP contribution in [0.2, 0.25) is 5.02 Å². The lowest BCUT2D eigenvalue weighted by Gasteiger charge is -2.35. The number of amides is 2. The minimum Gasteiger partial charge on any atom is -0.339 e. The monoisotopic (exact) mass is 354 g/mol. The van der Waals surface area contributed by atoms with Crippen molar-refractivity contribution in [1.82, 2.24) is 9.80 Å². The predicted molar refractivity (Wildman–Crippen MR) is 92.6 cm³/mol. The van der Waals surface area contributed by atoms with Gasteiger partial charge >= 0.3 is 0 Å². The van der Waals surface area contributed by atoms with Gasteiger partial charge in [0.25, 0.3) is 5.91 Å². The third-order valence-electron chi connectivity index (χ3n) is 4.58. The molecule has 0 aromatic heterocycles. The van der Waals surface area contributed by atoms with E-state index in [0.29, 0.717) is 38.5 Å². The summed E-state index contributed by atoms with van der Waals surface area (Å²) in [5.41, 5.74) is 0.247. The Balaban J connectivity index is 1.88. The van der Waals surface area contributed by atoms with Crippen molar-refractivity contribution in [3.63, 3.8) is 0 Å². The average molecular weight is 355 g/mol. The van der Waals surface area contributed by atoms with Crippen molar-refractivity contribution < 1.29 is 14.0 Å². The van der Waals surface area contributed by atoms with Gasteiger partial charge in [-0.25, -0.2) is 4.39 Å². The molecule has 1 aromatic rings. The van der Waals surface area contributed by atoms with Crippen LogP contribution in [-0.2, 0) is 4.79 Å². The lowest BCUT2D eigenvalue weighted by Crippen LogP contribution is -2.50. The van der Waals surface area contributed by atoms with Gasteiger partial charge in [-0.05, 0) is 30.5 Å². The van der Waals surface area contributed by atoms with E-state index >= 15 is 0 Å². The van der Waals surface area contributed by atoms with Gasteiger partial charge in [0.05, 0.1) is 0 Å². The first-order chi connectivity index (χ1) is 11.4. The minimum atomic E-state index is -0.523. The molecule has 132 valence electrons. The molecular formula is C18H24ClFN2O2. The molecule has 24 heavy (non-hydrogen) atoms. The topological polar surface area (TPSA) is 40.6 Å². The molecule has 2 amide bonds. The van der Waals surface area contributed by atoms with Crippen LogP contribution in [0.1, 0.15) is 43.5 Å². The van der Waals surface area contributed by atoms with Crippen molar-refractivity contribution in [2.24, 2.45) is 5.92 Å². The molecule has 0 spiro atoms. The molecule has 1 aromatic carbocycles. The van der Waals surface area contributed by atoms with Gasteiger partial charge in [-0.1, -0.05) is 31.9 Å². The van der Waals surface area contributed by atoms with Crippen LogP contribution in [0.25, 0.3) is 0 Å². The molecule has 1 unspecified atom stereocenters. The van der Waals surface area contributed by atoms with Gasteiger partial charge < -0.3 is 9.80 Å². The summed E-state index contributed by atoms with van der Waals surface area (Å²) in [7, 11) is 0. The molecule has 1 saturated heterocycles. The zero-order valence-electron chi connectivity index (χ0n) is 14.2. The molecule has 1 atom stereocenters. The summed E-state index contributed by atoms with van der Waals surface area (Å²) in [5, 5.41) is 0.206. The highest BCUT2D eigenvalue weighted by Crippen LogP contribution is 2.17. The van der Waals surface area contributed by atoms with E-state index in [1.807, 2.05) is 4.90 Å². The molecule has 0 bridgehead atoms. The van der Waals surface area contributed by atoms with E-state index in [9.17, 15) is 14.0 Å². The standard InChI is InChI=1S/C18H24ClFN2O2/c1-3-13(2)4-5-17(23)21-6-8-22(9-7-21)18(24)14-10-15(19)12-16(20)11-14/h10-13H,3-9H2,1-2H3. The summed E-state index contributed by atoms with van der Waals surface area (Å²) in [6.45, 7) is 6.23. The number of carbonyl (C=O) groups is 2. The maximum Gasteiger partial charge on any atom is 0.254 e. The van der Waals surface area contributed by atoms with E-state index in [0.717, 1.165) is 12.8 Å². The van der Waals surface area contributed by atoms with Gasteiger partial charge in [0.15, 0.2) is 0 Å². The lowest BCUT2D eigenvalue weighted by molar-refractivity contribution is -0.133. The van der Waals surface area contributed by atoms with Crippen molar-refractivity contribution in [3.8, 4) is 0 Å². The van der Waals surface area contributed by atoms with Crippen molar-refractivity contribution in [3.05, 3.63) is 34.6 Å². The number of benzene rings is 1. The highest BCUT2D eigenvalue weighted by Gasteiger charge is 2.25. The summed E-state index contributed by atoms with van der Waals surface area (Å²) in [6, 6.07) is 3.83. The normalized spacial score (nSPS) is 16.2. The van der Waals surface area contributed by atoms with Crippen LogP contribution in [0.15, 0.2) is 18.2 Å². The molecule has 1 aliphatic rings. The zero-order chi connectivity index (χ0) is 17.7. The molecule has 0 radical (unpaired) electrons. The summed E-state index contributed by atoms with van der Waals surface area (Å²) >= 11 is 5.81. The molecule has 0 N–H and O–H groups in total. The Bertz CT molecular complexity index is 580. The molecule has 4 nitrogen and oxygen atoms in total. The number of nitrogens with zero attached hydrogens (tertiary/aromatic N) is 2. The van der Waals surface area contributed by atoms with Gasteiger partial charge in [0, 0.05) is 43.2 Å². The van der Waals surface area contributed by atoms with Crippen molar-refractivity contribution in [2.45, 2.75) is 33.1 Å². The maximum atomic E-state index is 13.4. The van der Waals surface area contributed by atoms with Crippen LogP contribution in [0, 0.1) is 11.7 Å². The van der Waals surface area contributed by atoms with Gasteiger partial charge in [-0.2, -0.15) is 0 Å². The Morgan fingerprint density at radius 2 is 1.79 bits per heavy atom. The van der Waals surface area contributed by atoms with Crippen LogP contribution in [0.5, 0.6) is 0 Å². The van der Waals surface area contributed by atoms with Gasteiger partial charge in [0.2, 0.25) is 5.91 Å². The van der Waals surface area contributed by atoms with Gasteiger partial charge in [0.1, 0.15) is 5.82 Å². The second kappa shape index (κ2) is 8.47. The first kappa shape index (κ1) is 18.7. The molecule has 1 aliphatic heterocycles. The number of hydrogen-bond donors (Lipinski definition) is 0. The Hall–Kier alpha value is -1.62. The number of piperazine rings is 1. The van der Waals surface area contributed by atoms with Crippen LogP contribution in [-0.4, -0.2) is 47.8 Å².